The van der Waals surface area contributed by atoms with Crippen molar-refractivity contribution < 1.29 is 29.2 Å². The molecule has 0 bridgehead atoms. The summed E-state index contributed by atoms with van der Waals surface area (Å²) in [5.41, 5.74) is 0.388. The van der Waals surface area contributed by atoms with Gasteiger partial charge in [0.15, 0.2) is 6.61 Å². The second-order valence-electron chi connectivity index (χ2n) is 5.93. The molecule has 3 rings (SSSR count). The highest BCUT2D eigenvalue weighted by Gasteiger charge is 2.40. The van der Waals surface area contributed by atoms with Crippen LogP contribution in [0.4, 0.5) is 4.39 Å². The van der Waals surface area contributed by atoms with Crippen LogP contribution < -0.4 is 14.8 Å². The zero-order valence-electron chi connectivity index (χ0n) is 14.5. The van der Waals surface area contributed by atoms with Crippen molar-refractivity contribution in [2.24, 2.45) is 0 Å². The number of nitrogens with zero attached hydrogens (tertiary/aromatic N) is 6. The standard InChI is InChI=1S/C15H18FN7O5/c1-2-3-27-14-18-13(16)19-15(20-14)28-7-8-4-23(22-21-8)5-9-11(25)12(26)10(6-24)17-9/h1,4,9-12,17,24-26H,3,5-7H2/t9-,10-,11-,12-/m1/s1. The molecule has 12 nitrogen and oxygen atoms in total. The lowest BCUT2D eigenvalue weighted by Gasteiger charge is -2.15. The van der Waals surface area contributed by atoms with E-state index in [0.717, 1.165) is 0 Å². The minimum Gasteiger partial charge on any atom is -0.457 e. The van der Waals surface area contributed by atoms with E-state index in [4.69, 9.17) is 21.0 Å². The third-order valence-corrected chi connectivity index (χ3v) is 3.97. The summed E-state index contributed by atoms with van der Waals surface area (Å²) in [4.78, 5) is 10.5. The third-order valence-electron chi connectivity index (χ3n) is 3.97. The molecule has 1 aliphatic rings. The summed E-state index contributed by atoms with van der Waals surface area (Å²) in [6, 6.07) is -1.75. The molecule has 1 fully saturated rings. The summed E-state index contributed by atoms with van der Waals surface area (Å²) in [5.74, 6) is 2.20. The van der Waals surface area contributed by atoms with Crippen molar-refractivity contribution in [2.45, 2.75) is 37.4 Å². The molecule has 0 aliphatic carbocycles. The molecule has 0 radical (unpaired) electrons. The monoisotopic (exact) mass is 395 g/mol. The van der Waals surface area contributed by atoms with Crippen LogP contribution in [0, 0.1) is 18.4 Å². The molecule has 4 N–H and O–H groups in total. The number of aromatic nitrogens is 6. The van der Waals surface area contributed by atoms with E-state index in [2.05, 4.69) is 36.5 Å². The summed E-state index contributed by atoms with van der Waals surface area (Å²) in [7, 11) is 0. The summed E-state index contributed by atoms with van der Waals surface area (Å²) in [6.45, 7) is -0.350. The quantitative estimate of drug-likeness (QED) is 0.343. The molecule has 150 valence electrons. The van der Waals surface area contributed by atoms with Crippen molar-refractivity contribution in [2.75, 3.05) is 13.2 Å². The van der Waals surface area contributed by atoms with Gasteiger partial charge in [-0.3, -0.25) is 4.68 Å². The van der Waals surface area contributed by atoms with E-state index in [1.165, 1.54) is 4.68 Å². The number of hydrogen-bond donors (Lipinski definition) is 4. The summed E-state index contributed by atoms with van der Waals surface area (Å²) < 4.78 is 25.0. The van der Waals surface area contributed by atoms with Crippen molar-refractivity contribution in [1.29, 1.82) is 0 Å². The summed E-state index contributed by atoms with van der Waals surface area (Å²) >= 11 is 0. The number of rotatable bonds is 8. The number of hydrogen-bond acceptors (Lipinski definition) is 11. The lowest BCUT2D eigenvalue weighted by Crippen LogP contribution is -2.38. The van der Waals surface area contributed by atoms with Gasteiger partial charge in [0.05, 0.1) is 43.6 Å². The average molecular weight is 395 g/mol. The predicted octanol–water partition coefficient (Wildman–Crippen LogP) is -2.75. The zero-order valence-corrected chi connectivity index (χ0v) is 14.5. The number of ether oxygens (including phenoxy) is 2. The van der Waals surface area contributed by atoms with E-state index in [1.807, 2.05) is 0 Å². The maximum atomic E-state index is 13.4. The van der Waals surface area contributed by atoms with Crippen LogP contribution in [0.1, 0.15) is 5.69 Å². The number of halogens is 1. The van der Waals surface area contributed by atoms with Gasteiger partial charge < -0.3 is 30.1 Å². The van der Waals surface area contributed by atoms with Gasteiger partial charge in [-0.25, -0.2) is 0 Å². The maximum absolute atomic E-state index is 13.4. The van der Waals surface area contributed by atoms with Crippen LogP contribution in [0.15, 0.2) is 6.20 Å². The number of aliphatic hydroxyl groups excluding tert-OH is 3. The van der Waals surface area contributed by atoms with Gasteiger partial charge in [-0.15, -0.1) is 26.5 Å². The average Bonchev–Trinajstić information content (AvgIpc) is 3.24. The van der Waals surface area contributed by atoms with Gasteiger partial charge in [0.1, 0.15) is 12.3 Å². The molecular formula is C15H18FN7O5. The van der Waals surface area contributed by atoms with Gasteiger partial charge in [-0.1, -0.05) is 11.1 Å². The molecule has 3 heterocycles. The fraction of sp³-hybridized carbons (Fsp3) is 0.533. The van der Waals surface area contributed by atoms with Crippen molar-refractivity contribution in [3.63, 3.8) is 0 Å². The van der Waals surface area contributed by atoms with Crippen LogP contribution in [-0.4, -0.2) is 82.8 Å². The molecule has 4 atom stereocenters. The summed E-state index contributed by atoms with van der Waals surface area (Å²) in [5, 5.41) is 39.7. The smallest absolute Gasteiger partial charge is 0.326 e. The van der Waals surface area contributed by atoms with Gasteiger partial charge in [0.2, 0.25) is 0 Å². The van der Waals surface area contributed by atoms with Gasteiger partial charge in [-0.05, 0) is 0 Å². The Labute approximate surface area is 158 Å². The first-order valence-electron chi connectivity index (χ1n) is 8.23. The maximum Gasteiger partial charge on any atom is 0.326 e. The van der Waals surface area contributed by atoms with Gasteiger partial charge in [0, 0.05) is 0 Å². The first kappa shape index (κ1) is 19.8. The number of terminal acetylenes is 1. The summed E-state index contributed by atoms with van der Waals surface area (Å²) in [6.07, 6.45) is 3.36. The zero-order chi connectivity index (χ0) is 20.1. The second-order valence-corrected chi connectivity index (χ2v) is 5.93. The lowest BCUT2D eigenvalue weighted by molar-refractivity contribution is 0.0175. The van der Waals surface area contributed by atoms with Crippen LogP contribution >= 0.6 is 0 Å². The highest BCUT2D eigenvalue weighted by atomic mass is 19.1. The van der Waals surface area contributed by atoms with E-state index in [-0.39, 0.29) is 38.4 Å². The van der Waals surface area contributed by atoms with Gasteiger partial charge >= 0.3 is 18.1 Å². The Morgan fingerprint density at radius 2 is 1.89 bits per heavy atom. The highest BCUT2D eigenvalue weighted by Crippen LogP contribution is 2.16. The molecule has 2 aromatic rings. The van der Waals surface area contributed by atoms with Gasteiger partial charge in [-0.2, -0.15) is 4.39 Å². The van der Waals surface area contributed by atoms with Crippen molar-refractivity contribution in [3.8, 4) is 24.4 Å². The molecule has 13 heteroatoms. The molecular weight excluding hydrogens is 377 g/mol. The second kappa shape index (κ2) is 8.85. The van der Waals surface area contributed by atoms with Crippen LogP contribution in [0.2, 0.25) is 0 Å². The Morgan fingerprint density at radius 1 is 1.18 bits per heavy atom. The molecule has 0 aromatic carbocycles. The molecule has 0 amide bonds. The van der Waals surface area contributed by atoms with Crippen LogP contribution in [-0.2, 0) is 13.2 Å². The van der Waals surface area contributed by atoms with Crippen molar-refractivity contribution >= 4 is 0 Å². The molecule has 1 saturated heterocycles. The number of nitrogens with one attached hydrogen (secondary N) is 1. The fourth-order valence-electron chi connectivity index (χ4n) is 2.65. The third kappa shape index (κ3) is 4.67. The predicted molar refractivity (Wildman–Crippen MR) is 88.3 cm³/mol. The minimum atomic E-state index is -1.08. The van der Waals surface area contributed by atoms with Crippen LogP contribution in [0.5, 0.6) is 12.0 Å². The van der Waals surface area contributed by atoms with E-state index in [1.54, 1.807) is 6.20 Å². The van der Waals surface area contributed by atoms with Crippen LogP contribution in [0.25, 0.3) is 0 Å². The van der Waals surface area contributed by atoms with Crippen molar-refractivity contribution in [3.05, 3.63) is 18.0 Å². The SMILES string of the molecule is C#CCOc1nc(F)nc(OCc2cn(C[C@H]3N[C@H](CO)[C@@H](O)[C@@H]3O)nn2)n1. The molecule has 28 heavy (non-hydrogen) atoms. The Balaban J connectivity index is 1.57. The topological polar surface area (TPSA) is 161 Å². The Hall–Kier alpha value is -2.92. The minimum absolute atomic E-state index is 0.111. The van der Waals surface area contributed by atoms with E-state index >= 15 is 0 Å². The first-order valence-corrected chi connectivity index (χ1v) is 8.23. The molecule has 0 unspecified atom stereocenters. The fourth-order valence-corrected chi connectivity index (χ4v) is 2.65. The first-order chi connectivity index (χ1) is 13.5. The molecule has 2 aromatic heterocycles. The Bertz CT molecular complexity index is 844. The lowest BCUT2D eigenvalue weighted by atomic mass is 10.1. The molecule has 1 aliphatic heterocycles. The highest BCUT2D eigenvalue weighted by molar-refractivity contribution is 5.03. The van der Waals surface area contributed by atoms with Gasteiger partial charge in [0.25, 0.3) is 0 Å². The number of aliphatic hydroxyl groups is 3. The van der Waals surface area contributed by atoms with E-state index in [9.17, 15) is 14.6 Å². The largest absolute Gasteiger partial charge is 0.457 e. The van der Waals surface area contributed by atoms with E-state index < -0.39 is 30.4 Å². The molecule has 0 spiro atoms. The van der Waals surface area contributed by atoms with Crippen LogP contribution in [0.3, 0.4) is 0 Å². The Morgan fingerprint density at radius 3 is 2.57 bits per heavy atom. The Kier molecular flexibility index (Phi) is 6.26. The van der Waals surface area contributed by atoms with E-state index in [0.29, 0.717) is 5.69 Å². The van der Waals surface area contributed by atoms with Crippen molar-refractivity contribution in [1.82, 2.24) is 35.3 Å². The normalized spacial score (nSPS) is 24.1. The molecule has 0 saturated carbocycles.